The Bertz CT molecular complexity index is 679. The summed E-state index contributed by atoms with van der Waals surface area (Å²) in [7, 11) is 0. The van der Waals surface area contributed by atoms with Crippen LogP contribution in [0.5, 0.6) is 0 Å². The maximum Gasteiger partial charge on any atom is 0.257 e. The fraction of sp³-hybridized carbons (Fsp3) is 0.143. The Morgan fingerprint density at radius 1 is 1.29 bits per heavy atom. The Labute approximate surface area is 142 Å². The predicted octanol–water partition coefficient (Wildman–Crippen LogP) is 5.41. The predicted molar refractivity (Wildman–Crippen MR) is 90.1 cm³/mol. The van der Waals surface area contributed by atoms with E-state index in [1.807, 2.05) is 13.0 Å². The van der Waals surface area contributed by atoms with Gasteiger partial charge in [0.25, 0.3) is 5.91 Å². The molecule has 0 atom stereocenters. The molecule has 7 heteroatoms. The van der Waals surface area contributed by atoms with Gasteiger partial charge in [-0.2, -0.15) is 0 Å². The molecule has 0 saturated heterocycles. The molecule has 0 fully saturated rings. The summed E-state index contributed by atoms with van der Waals surface area (Å²) < 4.78 is 0. The third-order valence-electron chi connectivity index (χ3n) is 2.55. The number of carbonyl (C=O) groups excluding carboxylic acids is 1. The number of amides is 1. The molecule has 1 aromatic carbocycles. The first-order chi connectivity index (χ1) is 10.0. The highest BCUT2D eigenvalue weighted by atomic mass is 35.5. The molecular formula is C14H11Cl3N2OS. The molecule has 1 amide bonds. The zero-order valence-electron chi connectivity index (χ0n) is 11.0. The molecule has 3 nitrogen and oxygen atoms in total. The van der Waals surface area contributed by atoms with Crippen LogP contribution in [0.3, 0.4) is 0 Å². The van der Waals surface area contributed by atoms with Gasteiger partial charge in [-0.3, -0.25) is 4.79 Å². The number of nitrogens with one attached hydrogen (secondary N) is 1. The maximum absolute atomic E-state index is 12.2. The molecule has 1 N–H and O–H groups in total. The molecule has 0 bridgehead atoms. The Morgan fingerprint density at radius 3 is 2.71 bits per heavy atom. The summed E-state index contributed by atoms with van der Waals surface area (Å²) in [4.78, 5) is 17.0. The summed E-state index contributed by atoms with van der Waals surface area (Å²) in [5.41, 5.74) is 0.988. The van der Waals surface area contributed by atoms with E-state index < -0.39 is 0 Å². The standard InChI is InChI=1S/C14H11Cl3N2OS/c1-2-21-12-4-3-9(15)6-11(12)19-14(20)8-5-10(16)13(17)18-7-8/h3-7H,2H2,1H3,(H,19,20). The molecule has 2 rings (SSSR count). The number of rotatable bonds is 4. The topological polar surface area (TPSA) is 42.0 Å². The third-order valence-corrected chi connectivity index (χ3v) is 4.42. The summed E-state index contributed by atoms with van der Waals surface area (Å²) in [5, 5.41) is 3.77. The van der Waals surface area contributed by atoms with E-state index in [0.717, 1.165) is 10.6 Å². The fourth-order valence-corrected chi connectivity index (χ4v) is 2.80. The van der Waals surface area contributed by atoms with Crippen molar-refractivity contribution in [1.29, 1.82) is 0 Å². The fourth-order valence-electron chi connectivity index (χ4n) is 1.62. The molecule has 1 aromatic heterocycles. The van der Waals surface area contributed by atoms with Crippen LogP contribution in [0, 0.1) is 0 Å². The van der Waals surface area contributed by atoms with Gasteiger partial charge in [0, 0.05) is 16.1 Å². The normalized spacial score (nSPS) is 10.5. The Kier molecular flexibility index (Phi) is 5.76. The van der Waals surface area contributed by atoms with Crippen LogP contribution in [0.15, 0.2) is 35.4 Å². The van der Waals surface area contributed by atoms with E-state index in [4.69, 9.17) is 34.8 Å². The van der Waals surface area contributed by atoms with Gasteiger partial charge in [-0.05, 0) is 30.0 Å². The first-order valence-corrected chi connectivity index (χ1v) is 8.18. The largest absolute Gasteiger partial charge is 0.321 e. The number of thioether (sulfide) groups is 1. The summed E-state index contributed by atoms with van der Waals surface area (Å²) in [6.45, 7) is 2.04. The molecule has 0 unspecified atom stereocenters. The van der Waals surface area contributed by atoms with Crippen molar-refractivity contribution in [2.24, 2.45) is 0 Å². The van der Waals surface area contributed by atoms with Crippen LogP contribution in [0.1, 0.15) is 17.3 Å². The SMILES string of the molecule is CCSc1ccc(Cl)cc1NC(=O)c1cnc(Cl)c(Cl)c1. The van der Waals surface area contributed by atoms with Gasteiger partial charge < -0.3 is 5.32 Å². The number of benzene rings is 1. The monoisotopic (exact) mass is 360 g/mol. The highest BCUT2D eigenvalue weighted by molar-refractivity contribution is 7.99. The van der Waals surface area contributed by atoms with Gasteiger partial charge in [-0.1, -0.05) is 41.7 Å². The van der Waals surface area contributed by atoms with E-state index in [1.54, 1.807) is 23.9 Å². The van der Waals surface area contributed by atoms with Crippen molar-refractivity contribution >= 4 is 58.2 Å². The lowest BCUT2D eigenvalue weighted by atomic mass is 10.2. The smallest absolute Gasteiger partial charge is 0.257 e. The van der Waals surface area contributed by atoms with Crippen LogP contribution in [0.4, 0.5) is 5.69 Å². The summed E-state index contributed by atoms with van der Waals surface area (Å²) >= 11 is 19.2. The van der Waals surface area contributed by atoms with Crippen molar-refractivity contribution in [3.8, 4) is 0 Å². The minimum atomic E-state index is -0.318. The van der Waals surface area contributed by atoms with Gasteiger partial charge in [-0.15, -0.1) is 11.8 Å². The molecule has 0 radical (unpaired) electrons. The lowest BCUT2D eigenvalue weighted by Gasteiger charge is -2.11. The number of anilines is 1. The van der Waals surface area contributed by atoms with Crippen molar-refractivity contribution in [2.75, 3.05) is 11.1 Å². The second-order valence-electron chi connectivity index (χ2n) is 4.02. The van der Waals surface area contributed by atoms with Gasteiger partial charge >= 0.3 is 0 Å². The Balaban J connectivity index is 2.26. The van der Waals surface area contributed by atoms with E-state index >= 15 is 0 Å². The average Bonchev–Trinajstić information content (AvgIpc) is 2.45. The van der Waals surface area contributed by atoms with Gasteiger partial charge in [0.1, 0.15) is 5.15 Å². The number of pyridine rings is 1. The third kappa shape index (κ3) is 4.27. The van der Waals surface area contributed by atoms with Crippen molar-refractivity contribution < 1.29 is 4.79 Å². The second-order valence-corrected chi connectivity index (χ2v) is 6.53. The van der Waals surface area contributed by atoms with E-state index in [0.29, 0.717) is 16.3 Å². The van der Waals surface area contributed by atoms with Crippen molar-refractivity contribution in [1.82, 2.24) is 4.98 Å². The molecule has 110 valence electrons. The van der Waals surface area contributed by atoms with E-state index in [1.165, 1.54) is 12.3 Å². The van der Waals surface area contributed by atoms with Crippen LogP contribution < -0.4 is 5.32 Å². The van der Waals surface area contributed by atoms with Gasteiger partial charge in [0.05, 0.1) is 16.3 Å². The molecule has 2 aromatic rings. The van der Waals surface area contributed by atoms with Crippen LogP contribution in [0.2, 0.25) is 15.2 Å². The highest BCUT2D eigenvalue weighted by Gasteiger charge is 2.12. The number of hydrogen-bond acceptors (Lipinski definition) is 3. The van der Waals surface area contributed by atoms with Crippen molar-refractivity contribution in [3.05, 3.63) is 51.2 Å². The summed E-state index contributed by atoms with van der Waals surface area (Å²) in [6.07, 6.45) is 1.38. The lowest BCUT2D eigenvalue weighted by molar-refractivity contribution is 0.102. The van der Waals surface area contributed by atoms with Gasteiger partial charge in [0.2, 0.25) is 0 Å². The first kappa shape index (κ1) is 16.4. The number of carbonyl (C=O) groups is 1. The van der Waals surface area contributed by atoms with Crippen LogP contribution in [-0.2, 0) is 0 Å². The number of aromatic nitrogens is 1. The number of hydrogen-bond donors (Lipinski definition) is 1. The number of nitrogens with zero attached hydrogens (tertiary/aromatic N) is 1. The quantitative estimate of drug-likeness (QED) is 0.585. The molecule has 0 spiro atoms. The molecule has 0 saturated carbocycles. The van der Waals surface area contributed by atoms with Crippen LogP contribution >= 0.6 is 46.6 Å². The van der Waals surface area contributed by atoms with Crippen molar-refractivity contribution in [3.63, 3.8) is 0 Å². The Hall–Kier alpha value is -0.940. The van der Waals surface area contributed by atoms with Crippen molar-refractivity contribution in [2.45, 2.75) is 11.8 Å². The first-order valence-electron chi connectivity index (χ1n) is 6.06. The zero-order valence-corrected chi connectivity index (χ0v) is 14.1. The lowest BCUT2D eigenvalue weighted by Crippen LogP contribution is -2.13. The minimum Gasteiger partial charge on any atom is -0.321 e. The number of halogens is 3. The maximum atomic E-state index is 12.2. The molecule has 0 aliphatic heterocycles. The molecule has 1 heterocycles. The average molecular weight is 362 g/mol. The molecule has 21 heavy (non-hydrogen) atoms. The molecule has 0 aliphatic carbocycles. The zero-order chi connectivity index (χ0) is 15.4. The van der Waals surface area contributed by atoms with Crippen LogP contribution in [-0.4, -0.2) is 16.6 Å². The Morgan fingerprint density at radius 2 is 2.05 bits per heavy atom. The molecular weight excluding hydrogens is 351 g/mol. The molecule has 0 aliphatic rings. The van der Waals surface area contributed by atoms with Gasteiger partial charge in [-0.25, -0.2) is 4.98 Å². The second kappa shape index (κ2) is 7.36. The van der Waals surface area contributed by atoms with Gasteiger partial charge in [0.15, 0.2) is 0 Å². The highest BCUT2D eigenvalue weighted by Crippen LogP contribution is 2.30. The summed E-state index contributed by atoms with van der Waals surface area (Å²) in [6, 6.07) is 6.85. The summed E-state index contributed by atoms with van der Waals surface area (Å²) in [5.74, 6) is 0.569. The van der Waals surface area contributed by atoms with Crippen LogP contribution in [0.25, 0.3) is 0 Å². The minimum absolute atomic E-state index is 0.165. The van der Waals surface area contributed by atoms with E-state index in [-0.39, 0.29) is 16.1 Å². The van der Waals surface area contributed by atoms with E-state index in [9.17, 15) is 4.79 Å². The van der Waals surface area contributed by atoms with E-state index in [2.05, 4.69) is 10.3 Å².